The van der Waals surface area contributed by atoms with Gasteiger partial charge in [-0.1, -0.05) is 11.3 Å². The van der Waals surface area contributed by atoms with Crippen LogP contribution in [0.3, 0.4) is 0 Å². The zero-order valence-electron chi connectivity index (χ0n) is 11.7. The van der Waals surface area contributed by atoms with Crippen LogP contribution in [0.4, 0.5) is 5.69 Å². The number of amides is 1. The van der Waals surface area contributed by atoms with E-state index in [9.17, 15) is 14.4 Å². The minimum atomic E-state index is -0.536. The molecule has 3 aromatic rings. The molecule has 114 valence electrons. The van der Waals surface area contributed by atoms with Crippen molar-refractivity contribution in [2.24, 2.45) is 0 Å². The molecule has 0 fully saturated rings. The first-order valence-corrected chi connectivity index (χ1v) is 7.48. The van der Waals surface area contributed by atoms with Crippen LogP contribution in [0.25, 0.3) is 11.1 Å². The minimum Gasteiger partial charge on any atom is -0.408 e. The van der Waals surface area contributed by atoms with Crippen molar-refractivity contribution < 1.29 is 9.21 Å². The van der Waals surface area contributed by atoms with Gasteiger partial charge in [0.2, 0.25) is 5.91 Å². The molecule has 3 rings (SSSR count). The van der Waals surface area contributed by atoms with Crippen LogP contribution in [-0.4, -0.2) is 15.5 Å². The van der Waals surface area contributed by atoms with Crippen molar-refractivity contribution in [3.8, 4) is 0 Å². The van der Waals surface area contributed by atoms with E-state index < -0.39 is 5.76 Å². The molecule has 0 saturated heterocycles. The van der Waals surface area contributed by atoms with E-state index in [4.69, 9.17) is 4.42 Å². The molecule has 1 aromatic carbocycles. The van der Waals surface area contributed by atoms with E-state index >= 15 is 0 Å². The van der Waals surface area contributed by atoms with E-state index in [0.29, 0.717) is 23.3 Å². The summed E-state index contributed by atoms with van der Waals surface area (Å²) in [6, 6.07) is 4.88. The topological polar surface area (TPSA) is 97.1 Å². The maximum absolute atomic E-state index is 12.0. The number of carbonyl (C=O) groups is 1. The number of aryl methyl sites for hydroxylation is 1. The molecule has 0 saturated carbocycles. The van der Waals surface area contributed by atoms with Crippen LogP contribution < -0.4 is 15.9 Å². The maximum Gasteiger partial charge on any atom is 0.417 e. The van der Waals surface area contributed by atoms with Gasteiger partial charge in [-0.25, -0.2) is 4.79 Å². The van der Waals surface area contributed by atoms with Crippen LogP contribution in [0.1, 0.15) is 12.1 Å². The third-order valence-electron chi connectivity index (χ3n) is 3.24. The first-order valence-electron chi connectivity index (χ1n) is 6.60. The maximum atomic E-state index is 12.0. The first kappa shape index (κ1) is 14.3. The van der Waals surface area contributed by atoms with Gasteiger partial charge in [-0.2, -0.15) is 0 Å². The SMILES string of the molecule is Cc1csc(=O)n1CCC(=O)Nc1ccc2oc(=O)[nH]c2c1. The first-order chi connectivity index (χ1) is 10.5. The van der Waals surface area contributed by atoms with Crippen LogP contribution in [-0.2, 0) is 11.3 Å². The molecular formula is C14H13N3O4S. The lowest BCUT2D eigenvalue weighted by atomic mass is 10.2. The predicted octanol–water partition coefficient (Wildman–Crippen LogP) is 1.68. The number of H-pyrrole nitrogens is 1. The Morgan fingerprint density at radius 2 is 2.23 bits per heavy atom. The number of nitrogens with zero attached hydrogens (tertiary/aromatic N) is 1. The summed E-state index contributed by atoms with van der Waals surface area (Å²) in [5.41, 5.74) is 2.36. The van der Waals surface area contributed by atoms with Crippen LogP contribution in [0.5, 0.6) is 0 Å². The molecule has 22 heavy (non-hydrogen) atoms. The summed E-state index contributed by atoms with van der Waals surface area (Å²) in [5.74, 6) is -0.742. The number of thiazole rings is 1. The quantitative estimate of drug-likeness (QED) is 0.764. The Bertz CT molecular complexity index is 947. The number of aromatic amines is 1. The van der Waals surface area contributed by atoms with Gasteiger partial charge in [0.15, 0.2) is 5.58 Å². The van der Waals surface area contributed by atoms with Gasteiger partial charge in [0.05, 0.1) is 5.52 Å². The van der Waals surface area contributed by atoms with E-state index in [1.165, 1.54) is 0 Å². The molecule has 0 atom stereocenters. The Balaban J connectivity index is 1.67. The summed E-state index contributed by atoms with van der Waals surface area (Å²) >= 11 is 1.12. The third kappa shape index (κ3) is 2.86. The monoisotopic (exact) mass is 319 g/mol. The largest absolute Gasteiger partial charge is 0.417 e. The van der Waals surface area contributed by atoms with Gasteiger partial charge in [-0.05, 0) is 25.1 Å². The molecule has 0 aliphatic rings. The fraction of sp³-hybridized carbons (Fsp3) is 0.214. The van der Waals surface area contributed by atoms with Crippen LogP contribution in [0.15, 0.2) is 37.6 Å². The van der Waals surface area contributed by atoms with Crippen molar-refractivity contribution in [2.75, 3.05) is 5.32 Å². The van der Waals surface area contributed by atoms with Gasteiger partial charge >= 0.3 is 10.6 Å². The van der Waals surface area contributed by atoms with E-state index in [1.807, 2.05) is 6.92 Å². The van der Waals surface area contributed by atoms with E-state index in [0.717, 1.165) is 17.0 Å². The average Bonchev–Trinajstić information content (AvgIpc) is 2.98. The number of hydrogen-bond acceptors (Lipinski definition) is 5. The summed E-state index contributed by atoms with van der Waals surface area (Å²) in [6.45, 7) is 2.17. The second kappa shape index (κ2) is 5.64. The average molecular weight is 319 g/mol. The molecule has 0 radical (unpaired) electrons. The van der Waals surface area contributed by atoms with Crippen LogP contribution in [0.2, 0.25) is 0 Å². The summed E-state index contributed by atoms with van der Waals surface area (Å²) < 4.78 is 6.46. The van der Waals surface area contributed by atoms with Gasteiger partial charge < -0.3 is 14.3 Å². The Labute approximate surface area is 128 Å². The van der Waals surface area contributed by atoms with E-state index in [-0.39, 0.29) is 17.2 Å². The summed E-state index contributed by atoms with van der Waals surface area (Å²) in [5, 5.41) is 4.50. The van der Waals surface area contributed by atoms with Crippen LogP contribution >= 0.6 is 11.3 Å². The van der Waals surface area contributed by atoms with Crippen molar-refractivity contribution >= 4 is 34.0 Å². The lowest BCUT2D eigenvalue weighted by Crippen LogP contribution is -2.20. The van der Waals surface area contributed by atoms with Crippen molar-refractivity contribution in [1.29, 1.82) is 0 Å². The van der Waals surface area contributed by atoms with Crippen molar-refractivity contribution in [3.05, 3.63) is 49.5 Å². The number of benzene rings is 1. The highest BCUT2D eigenvalue weighted by Crippen LogP contribution is 2.16. The molecule has 8 heteroatoms. The van der Waals surface area contributed by atoms with E-state index in [1.54, 1.807) is 28.1 Å². The number of aromatic nitrogens is 2. The Morgan fingerprint density at radius 1 is 1.41 bits per heavy atom. The molecule has 0 aliphatic heterocycles. The third-order valence-corrected chi connectivity index (χ3v) is 4.12. The molecule has 2 N–H and O–H groups in total. The van der Waals surface area contributed by atoms with Gasteiger partial charge in [0.25, 0.3) is 0 Å². The summed E-state index contributed by atoms with van der Waals surface area (Å²) in [6.07, 6.45) is 0.192. The zero-order chi connectivity index (χ0) is 15.7. The van der Waals surface area contributed by atoms with Gasteiger partial charge in [0, 0.05) is 29.7 Å². The molecule has 0 unspecified atom stereocenters. The lowest BCUT2D eigenvalue weighted by Gasteiger charge is -2.06. The lowest BCUT2D eigenvalue weighted by molar-refractivity contribution is -0.116. The number of hydrogen-bond donors (Lipinski definition) is 2. The van der Waals surface area contributed by atoms with Gasteiger partial charge in [-0.3, -0.25) is 14.6 Å². The Morgan fingerprint density at radius 3 is 2.95 bits per heavy atom. The van der Waals surface area contributed by atoms with Crippen molar-refractivity contribution in [2.45, 2.75) is 19.9 Å². The fourth-order valence-corrected chi connectivity index (χ4v) is 2.90. The summed E-state index contributed by atoms with van der Waals surface area (Å²) in [4.78, 5) is 37.1. The standard InChI is InChI=1S/C14H13N3O4S/c1-8-7-22-14(20)17(8)5-4-12(18)15-9-2-3-11-10(6-9)16-13(19)21-11/h2-3,6-7H,4-5H2,1H3,(H,15,18)(H,16,19). The highest BCUT2D eigenvalue weighted by Gasteiger charge is 2.08. The molecule has 0 aliphatic carbocycles. The van der Waals surface area contributed by atoms with Crippen molar-refractivity contribution in [3.63, 3.8) is 0 Å². The predicted molar refractivity (Wildman–Crippen MR) is 83.4 cm³/mol. The molecule has 7 nitrogen and oxygen atoms in total. The van der Waals surface area contributed by atoms with Crippen LogP contribution in [0, 0.1) is 6.92 Å². The number of rotatable bonds is 4. The smallest absolute Gasteiger partial charge is 0.408 e. The molecule has 2 heterocycles. The normalized spacial score (nSPS) is 11.0. The number of oxazole rings is 1. The summed E-state index contributed by atoms with van der Waals surface area (Å²) in [7, 11) is 0. The number of nitrogens with one attached hydrogen (secondary N) is 2. The number of anilines is 1. The Hall–Kier alpha value is -2.61. The van der Waals surface area contributed by atoms with Gasteiger partial charge in [-0.15, -0.1) is 0 Å². The molecule has 0 bridgehead atoms. The van der Waals surface area contributed by atoms with Crippen molar-refractivity contribution in [1.82, 2.24) is 9.55 Å². The second-order valence-electron chi connectivity index (χ2n) is 4.82. The fourth-order valence-electron chi connectivity index (χ4n) is 2.14. The number of carbonyl (C=O) groups excluding carboxylic acids is 1. The van der Waals surface area contributed by atoms with Gasteiger partial charge in [0.1, 0.15) is 0 Å². The highest BCUT2D eigenvalue weighted by atomic mass is 32.1. The molecule has 1 amide bonds. The minimum absolute atomic E-state index is 0.0670. The molecular weight excluding hydrogens is 306 g/mol. The molecule has 0 spiro atoms. The Kier molecular flexibility index (Phi) is 3.68. The second-order valence-corrected chi connectivity index (χ2v) is 5.64. The van der Waals surface area contributed by atoms with E-state index in [2.05, 4.69) is 10.3 Å². The number of fused-ring (bicyclic) bond motifs is 1. The zero-order valence-corrected chi connectivity index (χ0v) is 12.5. The highest BCUT2D eigenvalue weighted by molar-refractivity contribution is 7.07. The molecule has 2 aromatic heterocycles.